The molecule has 2 aromatic heterocycles. The van der Waals surface area contributed by atoms with E-state index in [0.29, 0.717) is 11.1 Å². The van der Waals surface area contributed by atoms with Gasteiger partial charge in [-0.2, -0.15) is 0 Å². The molecule has 3 rings (SSSR count). The minimum Gasteiger partial charge on any atom is -0.289 e. The van der Waals surface area contributed by atoms with Gasteiger partial charge in [0.1, 0.15) is 0 Å². The van der Waals surface area contributed by atoms with Crippen LogP contribution in [0.15, 0.2) is 48.0 Å². The molecular weight excluding hydrogens is 242 g/mol. The van der Waals surface area contributed by atoms with E-state index in [-0.39, 0.29) is 5.78 Å². The first-order valence-electron chi connectivity index (χ1n) is 5.69. The van der Waals surface area contributed by atoms with E-state index in [4.69, 9.17) is 0 Å². The van der Waals surface area contributed by atoms with Gasteiger partial charge in [0.25, 0.3) is 0 Å². The van der Waals surface area contributed by atoms with Gasteiger partial charge < -0.3 is 0 Å². The van der Waals surface area contributed by atoms with E-state index in [0.717, 1.165) is 15.8 Å². The summed E-state index contributed by atoms with van der Waals surface area (Å²) in [5.74, 6) is 0.0292. The standard InChI is InChI=1S/C15H11NOS/c1-10-3-2-4-11(7-10)15(17)12-8-14-13(16-9-12)5-6-18-14/h2-9H,1H3. The average Bonchev–Trinajstić information content (AvgIpc) is 2.85. The zero-order chi connectivity index (χ0) is 12.5. The Morgan fingerprint density at radius 1 is 1.17 bits per heavy atom. The monoisotopic (exact) mass is 253 g/mol. The molecule has 2 nitrogen and oxygen atoms in total. The summed E-state index contributed by atoms with van der Waals surface area (Å²) >= 11 is 1.60. The Bertz CT molecular complexity index is 730. The Balaban J connectivity index is 2.06. The number of benzene rings is 1. The minimum absolute atomic E-state index is 0.0292. The number of carbonyl (C=O) groups is 1. The molecule has 1 aromatic carbocycles. The Morgan fingerprint density at radius 3 is 2.89 bits per heavy atom. The number of ketones is 1. The summed E-state index contributed by atoms with van der Waals surface area (Å²) in [5.41, 5.74) is 3.40. The molecule has 0 aliphatic carbocycles. The summed E-state index contributed by atoms with van der Waals surface area (Å²) in [5, 5.41) is 1.98. The fourth-order valence-electron chi connectivity index (χ4n) is 1.92. The molecule has 0 N–H and O–H groups in total. The lowest BCUT2D eigenvalue weighted by molar-refractivity contribution is 0.103. The topological polar surface area (TPSA) is 30.0 Å². The molecule has 18 heavy (non-hydrogen) atoms. The van der Waals surface area contributed by atoms with Crippen molar-refractivity contribution in [2.24, 2.45) is 0 Å². The Labute approximate surface area is 109 Å². The number of carbonyl (C=O) groups excluding carboxylic acids is 1. The van der Waals surface area contributed by atoms with E-state index in [2.05, 4.69) is 4.98 Å². The summed E-state index contributed by atoms with van der Waals surface area (Å²) in [7, 11) is 0. The molecule has 0 aliphatic rings. The molecule has 0 saturated heterocycles. The van der Waals surface area contributed by atoms with Gasteiger partial charge in [-0.3, -0.25) is 9.78 Å². The van der Waals surface area contributed by atoms with Crippen LogP contribution in [0.4, 0.5) is 0 Å². The van der Waals surface area contributed by atoms with E-state index >= 15 is 0 Å². The van der Waals surface area contributed by atoms with Crippen molar-refractivity contribution in [3.8, 4) is 0 Å². The SMILES string of the molecule is Cc1cccc(C(=O)c2cnc3ccsc3c2)c1. The van der Waals surface area contributed by atoms with Crippen LogP contribution < -0.4 is 0 Å². The number of hydrogen-bond acceptors (Lipinski definition) is 3. The van der Waals surface area contributed by atoms with E-state index in [1.165, 1.54) is 0 Å². The smallest absolute Gasteiger partial charge is 0.194 e. The Kier molecular flexibility index (Phi) is 2.68. The predicted molar refractivity (Wildman–Crippen MR) is 74.2 cm³/mol. The van der Waals surface area contributed by atoms with Crippen molar-refractivity contribution >= 4 is 27.3 Å². The number of thiophene rings is 1. The van der Waals surface area contributed by atoms with Crippen molar-refractivity contribution in [3.05, 3.63) is 64.7 Å². The highest BCUT2D eigenvalue weighted by Crippen LogP contribution is 2.21. The highest BCUT2D eigenvalue weighted by molar-refractivity contribution is 7.17. The zero-order valence-corrected chi connectivity index (χ0v) is 10.7. The quantitative estimate of drug-likeness (QED) is 0.649. The van der Waals surface area contributed by atoms with Crippen LogP contribution in [-0.2, 0) is 0 Å². The molecule has 2 heterocycles. The molecule has 3 aromatic rings. The maximum absolute atomic E-state index is 12.3. The molecule has 0 aliphatic heterocycles. The number of pyridine rings is 1. The van der Waals surface area contributed by atoms with E-state index in [1.807, 2.05) is 48.7 Å². The van der Waals surface area contributed by atoms with E-state index in [1.54, 1.807) is 17.5 Å². The lowest BCUT2D eigenvalue weighted by Gasteiger charge is -2.02. The third kappa shape index (κ3) is 1.93. The summed E-state index contributed by atoms with van der Waals surface area (Å²) in [6.45, 7) is 1.98. The number of aryl methyl sites for hydroxylation is 1. The maximum atomic E-state index is 12.3. The van der Waals surface area contributed by atoms with Gasteiger partial charge in [0.05, 0.1) is 10.2 Å². The normalized spacial score (nSPS) is 10.7. The summed E-state index contributed by atoms with van der Waals surface area (Å²) in [4.78, 5) is 16.6. The molecule has 0 unspecified atom stereocenters. The van der Waals surface area contributed by atoms with Crippen LogP contribution in [0, 0.1) is 6.92 Å². The van der Waals surface area contributed by atoms with Gasteiger partial charge in [0.2, 0.25) is 0 Å². The summed E-state index contributed by atoms with van der Waals surface area (Å²) in [6, 6.07) is 11.5. The lowest BCUT2D eigenvalue weighted by Crippen LogP contribution is -2.01. The maximum Gasteiger partial charge on any atom is 0.194 e. The first kappa shape index (κ1) is 11.1. The van der Waals surface area contributed by atoms with Gasteiger partial charge >= 0.3 is 0 Å². The molecule has 0 radical (unpaired) electrons. The van der Waals surface area contributed by atoms with Crippen molar-refractivity contribution in [1.29, 1.82) is 0 Å². The van der Waals surface area contributed by atoms with Crippen LogP contribution in [-0.4, -0.2) is 10.8 Å². The number of rotatable bonds is 2. The van der Waals surface area contributed by atoms with Crippen molar-refractivity contribution in [3.63, 3.8) is 0 Å². The zero-order valence-electron chi connectivity index (χ0n) is 9.88. The minimum atomic E-state index is 0.0292. The van der Waals surface area contributed by atoms with Crippen LogP contribution in [0.25, 0.3) is 10.2 Å². The fourth-order valence-corrected chi connectivity index (χ4v) is 2.70. The van der Waals surface area contributed by atoms with Crippen molar-refractivity contribution in [2.45, 2.75) is 6.92 Å². The highest BCUT2D eigenvalue weighted by atomic mass is 32.1. The largest absolute Gasteiger partial charge is 0.289 e. The number of fused-ring (bicyclic) bond motifs is 1. The third-order valence-corrected chi connectivity index (χ3v) is 3.70. The van der Waals surface area contributed by atoms with Crippen LogP contribution >= 0.6 is 11.3 Å². The van der Waals surface area contributed by atoms with Crippen LogP contribution in [0.3, 0.4) is 0 Å². The molecule has 0 fully saturated rings. The third-order valence-electron chi connectivity index (χ3n) is 2.85. The molecule has 0 bridgehead atoms. The van der Waals surface area contributed by atoms with Gasteiger partial charge in [-0.1, -0.05) is 23.8 Å². The average molecular weight is 253 g/mol. The molecule has 88 valence electrons. The van der Waals surface area contributed by atoms with E-state index < -0.39 is 0 Å². The molecular formula is C15H11NOS. The second kappa shape index (κ2) is 4.35. The molecule has 0 spiro atoms. The molecule has 0 saturated carbocycles. The van der Waals surface area contributed by atoms with Gasteiger partial charge in [0.15, 0.2) is 5.78 Å². The lowest BCUT2D eigenvalue weighted by atomic mass is 10.0. The summed E-state index contributed by atoms with van der Waals surface area (Å²) < 4.78 is 1.05. The van der Waals surface area contributed by atoms with Crippen molar-refractivity contribution < 1.29 is 4.79 Å². The molecule has 0 amide bonds. The number of hydrogen-bond donors (Lipinski definition) is 0. The van der Waals surface area contributed by atoms with Crippen LogP contribution in [0.2, 0.25) is 0 Å². The summed E-state index contributed by atoms with van der Waals surface area (Å²) in [6.07, 6.45) is 1.65. The van der Waals surface area contributed by atoms with Gasteiger partial charge in [-0.25, -0.2) is 0 Å². The van der Waals surface area contributed by atoms with Gasteiger partial charge in [-0.15, -0.1) is 11.3 Å². The van der Waals surface area contributed by atoms with Crippen molar-refractivity contribution in [2.75, 3.05) is 0 Å². The second-order valence-corrected chi connectivity index (χ2v) is 5.17. The Hall–Kier alpha value is -2.00. The first-order chi connectivity index (χ1) is 8.74. The van der Waals surface area contributed by atoms with Gasteiger partial charge in [0, 0.05) is 17.3 Å². The first-order valence-corrected chi connectivity index (χ1v) is 6.56. The fraction of sp³-hybridized carbons (Fsp3) is 0.0667. The second-order valence-electron chi connectivity index (χ2n) is 4.23. The van der Waals surface area contributed by atoms with Crippen LogP contribution in [0.1, 0.15) is 21.5 Å². The highest BCUT2D eigenvalue weighted by Gasteiger charge is 2.10. The van der Waals surface area contributed by atoms with Crippen molar-refractivity contribution in [1.82, 2.24) is 4.98 Å². The molecule has 3 heteroatoms. The molecule has 0 atom stereocenters. The van der Waals surface area contributed by atoms with E-state index in [9.17, 15) is 4.79 Å². The number of nitrogens with zero attached hydrogens (tertiary/aromatic N) is 1. The van der Waals surface area contributed by atoms with Crippen LogP contribution in [0.5, 0.6) is 0 Å². The number of aromatic nitrogens is 1. The predicted octanol–water partition coefficient (Wildman–Crippen LogP) is 3.84. The van der Waals surface area contributed by atoms with Gasteiger partial charge in [-0.05, 0) is 30.5 Å². The Morgan fingerprint density at radius 2 is 2.06 bits per heavy atom.